The number of rotatable bonds is 5. The fourth-order valence-electron chi connectivity index (χ4n) is 4.05. The Kier molecular flexibility index (Phi) is 4.67. The lowest BCUT2D eigenvalue weighted by Crippen LogP contribution is -2.39. The van der Waals surface area contributed by atoms with Gasteiger partial charge in [-0.3, -0.25) is 0 Å². The largest absolute Gasteiger partial charge is 0.478 e. The van der Waals surface area contributed by atoms with Gasteiger partial charge >= 0.3 is 5.97 Å². The maximum atomic E-state index is 11.7. The molecule has 3 N–H and O–H groups in total. The normalized spacial score (nSPS) is 21.5. The zero-order chi connectivity index (χ0) is 21.6. The van der Waals surface area contributed by atoms with Crippen LogP contribution < -0.4 is 15.0 Å². The van der Waals surface area contributed by atoms with Crippen molar-refractivity contribution >= 4 is 23.0 Å². The lowest BCUT2D eigenvalue weighted by Gasteiger charge is -2.31. The Morgan fingerprint density at radius 1 is 1.32 bits per heavy atom. The van der Waals surface area contributed by atoms with Crippen molar-refractivity contribution < 1.29 is 24.5 Å². The smallest absolute Gasteiger partial charge is 0.348 e. The van der Waals surface area contributed by atoms with Gasteiger partial charge in [0.15, 0.2) is 11.9 Å². The van der Waals surface area contributed by atoms with Gasteiger partial charge < -0.3 is 29.9 Å². The number of ether oxygens (including phenoxy) is 2. The van der Waals surface area contributed by atoms with Crippen molar-refractivity contribution in [3.8, 4) is 5.75 Å². The first-order chi connectivity index (χ1) is 14.9. The number of carboxylic acid groups (broad SMARTS) is 1. The maximum Gasteiger partial charge on any atom is 0.348 e. The number of hydrogen-bond acceptors (Lipinski definition) is 8. The number of aliphatic hydroxyl groups excluding tert-OH is 1. The fourth-order valence-corrected chi connectivity index (χ4v) is 4.05. The van der Waals surface area contributed by atoms with E-state index in [4.69, 9.17) is 9.47 Å². The molecule has 0 spiro atoms. The maximum absolute atomic E-state index is 11.7. The van der Waals surface area contributed by atoms with E-state index in [2.05, 4.69) is 20.3 Å². The Labute approximate surface area is 178 Å². The molecule has 2 aliphatic heterocycles. The van der Waals surface area contributed by atoms with E-state index in [0.717, 1.165) is 11.3 Å². The van der Waals surface area contributed by atoms with E-state index in [1.807, 2.05) is 12.1 Å². The highest BCUT2D eigenvalue weighted by Crippen LogP contribution is 2.43. The molecule has 1 saturated heterocycles. The SMILES string of the molecule is CC1(C(=O)O)Cc2cc(NC(O)c3cnn4cccnc34)c(N3CCOCC3)cc2O1. The molecule has 0 bridgehead atoms. The van der Waals surface area contributed by atoms with E-state index < -0.39 is 17.8 Å². The van der Waals surface area contributed by atoms with Crippen LogP contribution in [0.1, 0.15) is 24.3 Å². The third-order valence-corrected chi connectivity index (χ3v) is 5.74. The van der Waals surface area contributed by atoms with Crippen LogP contribution in [0.2, 0.25) is 0 Å². The van der Waals surface area contributed by atoms with Crippen LogP contribution in [0, 0.1) is 0 Å². The van der Waals surface area contributed by atoms with Gasteiger partial charge in [-0.25, -0.2) is 14.3 Å². The van der Waals surface area contributed by atoms with E-state index >= 15 is 0 Å². The summed E-state index contributed by atoms with van der Waals surface area (Å²) in [5, 5.41) is 27.9. The molecule has 2 unspecified atom stereocenters. The Morgan fingerprint density at radius 3 is 2.90 bits per heavy atom. The lowest BCUT2D eigenvalue weighted by molar-refractivity contribution is -0.152. The van der Waals surface area contributed by atoms with Crippen molar-refractivity contribution in [2.75, 3.05) is 36.5 Å². The third-order valence-electron chi connectivity index (χ3n) is 5.74. The van der Waals surface area contributed by atoms with Gasteiger partial charge in [0.25, 0.3) is 0 Å². The molecule has 5 rings (SSSR count). The first-order valence-electron chi connectivity index (χ1n) is 10.1. The molecule has 31 heavy (non-hydrogen) atoms. The summed E-state index contributed by atoms with van der Waals surface area (Å²) in [5.74, 6) is -0.465. The van der Waals surface area contributed by atoms with Crippen LogP contribution in [0.4, 0.5) is 11.4 Å². The van der Waals surface area contributed by atoms with Crippen molar-refractivity contribution in [3.05, 3.63) is 47.9 Å². The standard InChI is InChI=1S/C21H23N5O5/c1-21(20(28)29)11-13-9-15(16(10-17(13)31-21)25-5-7-30-8-6-25)24-19(27)14-12-23-26-4-2-3-22-18(14)26/h2-4,9-10,12,19,24,27H,5-8,11H2,1H3,(H,28,29). The summed E-state index contributed by atoms with van der Waals surface area (Å²) in [5.41, 5.74) is 2.06. The first-order valence-corrected chi connectivity index (χ1v) is 10.1. The highest BCUT2D eigenvalue weighted by atomic mass is 16.5. The number of fused-ring (bicyclic) bond motifs is 2. The van der Waals surface area contributed by atoms with E-state index in [1.165, 1.54) is 0 Å². The van der Waals surface area contributed by atoms with Gasteiger partial charge in [-0.1, -0.05) is 0 Å². The Morgan fingerprint density at radius 2 is 2.13 bits per heavy atom. The van der Waals surface area contributed by atoms with Crippen molar-refractivity contribution in [3.63, 3.8) is 0 Å². The minimum absolute atomic E-state index is 0.240. The van der Waals surface area contributed by atoms with E-state index in [1.54, 1.807) is 36.1 Å². The second kappa shape index (κ2) is 7.40. The van der Waals surface area contributed by atoms with Crippen LogP contribution >= 0.6 is 0 Å². The molecule has 0 saturated carbocycles. The molecule has 1 fully saturated rings. The molecule has 10 heteroatoms. The molecule has 0 aliphatic carbocycles. The number of aromatic nitrogens is 3. The Hall–Kier alpha value is -3.37. The Bertz CT molecular complexity index is 1140. The molecule has 10 nitrogen and oxygen atoms in total. The highest BCUT2D eigenvalue weighted by molar-refractivity contribution is 5.82. The van der Waals surface area contributed by atoms with Crippen molar-refractivity contribution in [1.82, 2.24) is 14.6 Å². The van der Waals surface area contributed by atoms with Crippen molar-refractivity contribution in [1.29, 1.82) is 0 Å². The molecule has 162 valence electrons. The van der Waals surface area contributed by atoms with Crippen molar-refractivity contribution in [2.45, 2.75) is 25.2 Å². The lowest BCUT2D eigenvalue weighted by atomic mass is 9.98. The molecule has 1 aromatic carbocycles. The van der Waals surface area contributed by atoms with Gasteiger partial charge in [0.1, 0.15) is 5.75 Å². The molecule has 2 aromatic heterocycles. The Balaban J connectivity index is 1.51. The number of morpholine rings is 1. The quantitative estimate of drug-likeness (QED) is 0.521. The number of carbonyl (C=O) groups is 1. The van der Waals surface area contributed by atoms with Crippen LogP contribution in [-0.2, 0) is 16.0 Å². The minimum Gasteiger partial charge on any atom is -0.478 e. The van der Waals surface area contributed by atoms with Gasteiger partial charge in [-0.05, 0) is 19.1 Å². The molecular weight excluding hydrogens is 402 g/mol. The summed E-state index contributed by atoms with van der Waals surface area (Å²) in [6.07, 6.45) is 4.16. The highest BCUT2D eigenvalue weighted by Gasteiger charge is 2.42. The van der Waals surface area contributed by atoms with Crippen LogP contribution in [0.3, 0.4) is 0 Å². The zero-order valence-corrected chi connectivity index (χ0v) is 17.0. The number of carboxylic acids is 1. The predicted octanol–water partition coefficient (Wildman–Crippen LogP) is 1.45. The van der Waals surface area contributed by atoms with Crippen LogP contribution in [-0.4, -0.2) is 62.7 Å². The average molecular weight is 425 g/mol. The molecule has 3 aromatic rings. The van der Waals surface area contributed by atoms with Crippen molar-refractivity contribution in [2.24, 2.45) is 0 Å². The van der Waals surface area contributed by atoms with Gasteiger partial charge in [0, 0.05) is 43.5 Å². The second-order valence-corrected chi connectivity index (χ2v) is 7.93. The number of anilines is 2. The number of aliphatic carboxylic acids is 1. The molecule has 2 aliphatic rings. The summed E-state index contributed by atoms with van der Waals surface area (Å²) in [6.45, 7) is 4.10. The van der Waals surface area contributed by atoms with Gasteiger partial charge in [-0.15, -0.1) is 0 Å². The number of benzene rings is 1. The number of hydrogen-bond donors (Lipinski definition) is 3. The van der Waals surface area contributed by atoms with E-state index in [0.29, 0.717) is 49.0 Å². The van der Waals surface area contributed by atoms with Crippen LogP contribution in [0.15, 0.2) is 36.8 Å². The van der Waals surface area contributed by atoms with E-state index in [-0.39, 0.29) is 6.42 Å². The summed E-state index contributed by atoms with van der Waals surface area (Å²) < 4.78 is 12.9. The topological polar surface area (TPSA) is 121 Å². The van der Waals surface area contributed by atoms with Gasteiger partial charge in [-0.2, -0.15) is 5.10 Å². The van der Waals surface area contributed by atoms with Crippen LogP contribution in [0.5, 0.6) is 5.75 Å². The molecule has 2 atom stereocenters. The number of nitrogens with zero attached hydrogens (tertiary/aromatic N) is 4. The summed E-state index contributed by atoms with van der Waals surface area (Å²) in [4.78, 5) is 18.1. The first kappa shape index (κ1) is 19.6. The fraction of sp³-hybridized carbons (Fsp3) is 0.381. The van der Waals surface area contributed by atoms with E-state index in [9.17, 15) is 15.0 Å². The van der Waals surface area contributed by atoms with Gasteiger partial charge in [0.05, 0.1) is 36.3 Å². The monoisotopic (exact) mass is 425 g/mol. The minimum atomic E-state index is -1.31. The third kappa shape index (κ3) is 3.43. The number of aliphatic hydroxyl groups is 1. The van der Waals surface area contributed by atoms with Gasteiger partial charge in [0.2, 0.25) is 5.60 Å². The van der Waals surface area contributed by atoms with Crippen LogP contribution in [0.25, 0.3) is 5.65 Å². The average Bonchev–Trinajstić information content (AvgIpc) is 3.34. The molecular formula is C21H23N5O5. The summed E-state index contributed by atoms with van der Waals surface area (Å²) >= 11 is 0. The zero-order valence-electron chi connectivity index (χ0n) is 17.0. The molecule has 4 heterocycles. The molecule has 0 amide bonds. The number of nitrogens with one attached hydrogen (secondary N) is 1. The molecule has 0 radical (unpaired) electrons. The summed E-state index contributed by atoms with van der Waals surface area (Å²) in [6, 6.07) is 5.47. The predicted molar refractivity (Wildman–Crippen MR) is 111 cm³/mol. The summed E-state index contributed by atoms with van der Waals surface area (Å²) in [7, 11) is 0. The second-order valence-electron chi connectivity index (χ2n) is 7.93.